The van der Waals surface area contributed by atoms with Crippen molar-refractivity contribution in [1.29, 1.82) is 0 Å². The molecule has 0 aliphatic carbocycles. The molecule has 0 spiro atoms. The van der Waals surface area contributed by atoms with Gasteiger partial charge in [0.05, 0.1) is 12.5 Å². The van der Waals surface area contributed by atoms with Crippen LogP contribution in [0.25, 0.3) is 0 Å². The predicted molar refractivity (Wildman–Crippen MR) is 56.9 cm³/mol. The molecule has 0 bridgehead atoms. The molecule has 0 fully saturated rings. The largest absolute Gasteiger partial charge is 0.380 e. The van der Waals surface area contributed by atoms with Crippen LogP contribution in [0.5, 0.6) is 0 Å². The normalized spacial score (nSPS) is 12.0. The highest BCUT2D eigenvalue weighted by Gasteiger charge is 2.09. The van der Waals surface area contributed by atoms with E-state index >= 15 is 0 Å². The molecule has 0 saturated carbocycles. The molecule has 0 radical (unpaired) electrons. The van der Waals surface area contributed by atoms with E-state index in [-0.39, 0.29) is 12.0 Å². The van der Waals surface area contributed by atoms with Crippen molar-refractivity contribution in [3.8, 4) is 0 Å². The predicted octanol–water partition coefficient (Wildman–Crippen LogP) is 0.433. The Morgan fingerprint density at radius 3 is 2.64 bits per heavy atom. The van der Waals surface area contributed by atoms with Crippen LogP contribution in [0, 0.1) is 0 Å². The molecule has 0 aliphatic heterocycles. The number of allylic oxidation sites excluding steroid dienone is 1. The van der Waals surface area contributed by atoms with Gasteiger partial charge in [0.2, 0.25) is 5.91 Å². The molecule has 0 aromatic heterocycles. The Morgan fingerprint density at radius 1 is 1.57 bits per heavy atom. The number of rotatable bonds is 6. The second kappa shape index (κ2) is 7.53. The molecule has 14 heavy (non-hydrogen) atoms. The van der Waals surface area contributed by atoms with Crippen LogP contribution in [0.1, 0.15) is 20.3 Å². The minimum atomic E-state index is -0.179. The second-order valence-corrected chi connectivity index (χ2v) is 3.38. The van der Waals surface area contributed by atoms with Crippen LogP contribution < -0.4 is 11.1 Å². The third kappa shape index (κ3) is 6.62. The van der Waals surface area contributed by atoms with E-state index in [1.54, 1.807) is 7.11 Å². The molecule has 82 valence electrons. The summed E-state index contributed by atoms with van der Waals surface area (Å²) in [6.45, 7) is 4.92. The standard InChI is InChI=1S/C10H20N2O2/c1-8(2)4-5-12-10(13)6-9(7-11)14-3/h4,9H,5-7,11H2,1-3H3,(H,12,13). The SMILES string of the molecule is COC(CN)CC(=O)NCC=C(C)C. The van der Waals surface area contributed by atoms with Gasteiger partial charge in [0.1, 0.15) is 0 Å². The van der Waals surface area contributed by atoms with Gasteiger partial charge in [-0.2, -0.15) is 0 Å². The first kappa shape index (κ1) is 13.1. The number of ether oxygens (including phenoxy) is 1. The van der Waals surface area contributed by atoms with E-state index < -0.39 is 0 Å². The summed E-state index contributed by atoms with van der Waals surface area (Å²) < 4.78 is 5.00. The fourth-order valence-electron chi connectivity index (χ4n) is 0.911. The van der Waals surface area contributed by atoms with E-state index in [0.717, 1.165) is 0 Å². The average Bonchev–Trinajstić information content (AvgIpc) is 2.13. The number of amides is 1. The molecule has 1 atom stereocenters. The number of carbonyl (C=O) groups is 1. The molecule has 4 nitrogen and oxygen atoms in total. The highest BCUT2D eigenvalue weighted by molar-refractivity contribution is 5.76. The minimum Gasteiger partial charge on any atom is -0.380 e. The first-order chi connectivity index (χ1) is 6.60. The summed E-state index contributed by atoms with van der Waals surface area (Å²) in [6, 6.07) is 0. The molecular formula is C10H20N2O2. The maximum Gasteiger partial charge on any atom is 0.222 e. The van der Waals surface area contributed by atoms with Crippen molar-refractivity contribution >= 4 is 5.91 Å². The number of carbonyl (C=O) groups excluding carboxylic acids is 1. The molecular weight excluding hydrogens is 180 g/mol. The van der Waals surface area contributed by atoms with Crippen molar-refractivity contribution < 1.29 is 9.53 Å². The Labute approximate surface area is 85.5 Å². The summed E-state index contributed by atoms with van der Waals surface area (Å²) in [7, 11) is 1.56. The molecule has 1 unspecified atom stereocenters. The minimum absolute atomic E-state index is 0.0280. The topological polar surface area (TPSA) is 64.3 Å². The third-order valence-corrected chi connectivity index (χ3v) is 1.82. The van der Waals surface area contributed by atoms with Gasteiger partial charge in [-0.25, -0.2) is 0 Å². The number of methoxy groups -OCH3 is 1. The van der Waals surface area contributed by atoms with Crippen molar-refractivity contribution in [1.82, 2.24) is 5.32 Å². The fourth-order valence-corrected chi connectivity index (χ4v) is 0.911. The summed E-state index contributed by atoms with van der Waals surface area (Å²) >= 11 is 0. The van der Waals surface area contributed by atoms with Crippen molar-refractivity contribution in [3.05, 3.63) is 11.6 Å². The van der Waals surface area contributed by atoms with Gasteiger partial charge in [-0.05, 0) is 13.8 Å². The maximum absolute atomic E-state index is 11.3. The molecule has 0 heterocycles. The molecule has 4 heteroatoms. The van der Waals surface area contributed by atoms with Crippen LogP contribution in [0.2, 0.25) is 0 Å². The van der Waals surface area contributed by atoms with Crippen molar-refractivity contribution in [2.75, 3.05) is 20.2 Å². The van der Waals surface area contributed by atoms with Crippen LogP contribution in [0.15, 0.2) is 11.6 Å². The lowest BCUT2D eigenvalue weighted by Gasteiger charge is -2.11. The lowest BCUT2D eigenvalue weighted by atomic mass is 10.2. The van der Waals surface area contributed by atoms with Crippen LogP contribution in [-0.2, 0) is 9.53 Å². The molecule has 0 aliphatic rings. The van der Waals surface area contributed by atoms with Gasteiger partial charge in [-0.15, -0.1) is 0 Å². The van der Waals surface area contributed by atoms with Crippen LogP contribution in [-0.4, -0.2) is 32.2 Å². The Bertz CT molecular complexity index is 194. The molecule has 0 rings (SSSR count). The molecule has 3 N–H and O–H groups in total. The quantitative estimate of drug-likeness (QED) is 0.611. The summed E-state index contributed by atoms with van der Waals surface area (Å²) in [5.41, 5.74) is 6.58. The Kier molecular flexibility index (Phi) is 7.06. The summed E-state index contributed by atoms with van der Waals surface area (Å²) in [4.78, 5) is 11.3. The van der Waals surface area contributed by atoms with E-state index in [1.165, 1.54) is 5.57 Å². The van der Waals surface area contributed by atoms with E-state index in [2.05, 4.69) is 5.32 Å². The second-order valence-electron chi connectivity index (χ2n) is 3.38. The zero-order chi connectivity index (χ0) is 11.0. The number of hydrogen-bond donors (Lipinski definition) is 2. The molecule has 0 aromatic carbocycles. The van der Waals surface area contributed by atoms with E-state index in [4.69, 9.17) is 10.5 Å². The van der Waals surface area contributed by atoms with Crippen LogP contribution in [0.4, 0.5) is 0 Å². The number of hydrogen-bond acceptors (Lipinski definition) is 3. The number of nitrogens with two attached hydrogens (primary N) is 1. The van der Waals surface area contributed by atoms with Crippen LogP contribution >= 0.6 is 0 Å². The van der Waals surface area contributed by atoms with Gasteiger partial charge in [0.15, 0.2) is 0 Å². The summed E-state index contributed by atoms with van der Waals surface area (Å²) in [6.07, 6.45) is 2.10. The Balaban J connectivity index is 3.70. The van der Waals surface area contributed by atoms with Gasteiger partial charge in [0.25, 0.3) is 0 Å². The van der Waals surface area contributed by atoms with E-state index in [9.17, 15) is 4.79 Å². The highest BCUT2D eigenvalue weighted by Crippen LogP contribution is 1.94. The van der Waals surface area contributed by atoms with Gasteiger partial charge >= 0.3 is 0 Å². The highest BCUT2D eigenvalue weighted by atomic mass is 16.5. The van der Waals surface area contributed by atoms with Crippen LogP contribution in [0.3, 0.4) is 0 Å². The van der Waals surface area contributed by atoms with E-state index in [1.807, 2.05) is 19.9 Å². The summed E-state index contributed by atoms with van der Waals surface area (Å²) in [5, 5.41) is 2.76. The lowest BCUT2D eigenvalue weighted by molar-refractivity contribution is -0.123. The van der Waals surface area contributed by atoms with Crippen molar-refractivity contribution in [2.45, 2.75) is 26.4 Å². The monoisotopic (exact) mass is 200 g/mol. The first-order valence-corrected chi connectivity index (χ1v) is 4.73. The van der Waals surface area contributed by atoms with Crippen molar-refractivity contribution in [3.63, 3.8) is 0 Å². The first-order valence-electron chi connectivity index (χ1n) is 4.73. The molecule has 0 saturated heterocycles. The zero-order valence-corrected chi connectivity index (χ0v) is 9.17. The molecule has 0 aromatic rings. The Morgan fingerprint density at radius 2 is 2.21 bits per heavy atom. The van der Waals surface area contributed by atoms with Gasteiger partial charge in [-0.1, -0.05) is 11.6 Å². The van der Waals surface area contributed by atoms with Gasteiger partial charge in [0, 0.05) is 20.2 Å². The zero-order valence-electron chi connectivity index (χ0n) is 9.17. The average molecular weight is 200 g/mol. The third-order valence-electron chi connectivity index (χ3n) is 1.82. The smallest absolute Gasteiger partial charge is 0.222 e. The van der Waals surface area contributed by atoms with E-state index in [0.29, 0.717) is 19.5 Å². The fraction of sp³-hybridized carbons (Fsp3) is 0.700. The maximum atomic E-state index is 11.3. The summed E-state index contributed by atoms with van der Waals surface area (Å²) in [5.74, 6) is -0.0280. The van der Waals surface area contributed by atoms with Gasteiger partial charge < -0.3 is 15.8 Å². The lowest BCUT2D eigenvalue weighted by Crippen LogP contribution is -2.32. The van der Waals surface area contributed by atoms with Crippen molar-refractivity contribution in [2.24, 2.45) is 5.73 Å². The number of nitrogens with one attached hydrogen (secondary N) is 1. The molecule has 1 amide bonds. The Hall–Kier alpha value is -0.870. The van der Waals surface area contributed by atoms with Gasteiger partial charge in [-0.3, -0.25) is 4.79 Å².